The van der Waals surface area contributed by atoms with E-state index in [0.717, 1.165) is 0 Å². The average Bonchev–Trinajstić information content (AvgIpc) is 2.77. The first kappa shape index (κ1) is 11.5. The number of nitrogens with one attached hydrogen (secondary N) is 1. The predicted octanol–water partition coefficient (Wildman–Crippen LogP) is 2.34. The molecule has 6 heteroatoms. The number of hydrogen-bond acceptors (Lipinski definition) is 3. The van der Waals surface area contributed by atoms with Crippen LogP contribution in [0.1, 0.15) is 16.2 Å². The van der Waals surface area contributed by atoms with Gasteiger partial charge in [-0.05, 0) is 30.3 Å². The van der Waals surface area contributed by atoms with Gasteiger partial charge in [0.25, 0.3) is 0 Å². The summed E-state index contributed by atoms with van der Waals surface area (Å²) >= 11 is 5.73. The lowest BCUT2D eigenvalue weighted by atomic mass is 10.3. The number of ether oxygens (including phenoxy) is 1. The van der Waals surface area contributed by atoms with Gasteiger partial charge in [-0.1, -0.05) is 11.6 Å². The second-order valence-electron chi connectivity index (χ2n) is 3.33. The van der Waals surface area contributed by atoms with Gasteiger partial charge in [0.1, 0.15) is 12.4 Å². The zero-order chi connectivity index (χ0) is 12.3. The summed E-state index contributed by atoms with van der Waals surface area (Å²) in [4.78, 5) is 10.6. The molecule has 0 amide bonds. The number of carboxylic acid groups (broad SMARTS) is 1. The van der Waals surface area contributed by atoms with Crippen molar-refractivity contribution >= 4 is 17.6 Å². The first-order chi connectivity index (χ1) is 8.15. The summed E-state index contributed by atoms with van der Waals surface area (Å²) < 4.78 is 5.42. The van der Waals surface area contributed by atoms with Crippen LogP contribution in [0.2, 0.25) is 5.02 Å². The van der Waals surface area contributed by atoms with Crippen molar-refractivity contribution in [3.8, 4) is 5.75 Å². The first-order valence-corrected chi connectivity index (χ1v) is 5.19. The quantitative estimate of drug-likeness (QED) is 0.876. The molecular weight excluding hydrogens is 244 g/mol. The molecule has 2 aromatic rings. The number of aromatic amines is 1. The number of aromatic nitrogens is 2. The second kappa shape index (κ2) is 4.88. The molecule has 0 spiro atoms. The molecule has 0 bridgehead atoms. The monoisotopic (exact) mass is 252 g/mol. The molecule has 88 valence electrons. The Morgan fingerprint density at radius 1 is 1.41 bits per heavy atom. The number of nitrogens with zero attached hydrogens (tertiary/aromatic N) is 1. The van der Waals surface area contributed by atoms with Gasteiger partial charge >= 0.3 is 5.97 Å². The molecule has 0 aliphatic heterocycles. The molecule has 0 radical (unpaired) electrons. The topological polar surface area (TPSA) is 75.2 Å². The molecular formula is C11H9ClN2O3. The lowest BCUT2D eigenvalue weighted by Gasteiger charge is -2.03. The first-order valence-electron chi connectivity index (χ1n) is 4.81. The van der Waals surface area contributed by atoms with Crippen LogP contribution in [0.25, 0.3) is 0 Å². The SMILES string of the molecule is O=C(O)c1cc(COc2ccc(Cl)cc2)[nH]n1. The largest absolute Gasteiger partial charge is 0.487 e. The summed E-state index contributed by atoms with van der Waals surface area (Å²) in [5.74, 6) is -0.417. The summed E-state index contributed by atoms with van der Waals surface area (Å²) in [6.45, 7) is 0.224. The molecule has 0 saturated carbocycles. The number of carboxylic acids is 1. The Morgan fingerprint density at radius 3 is 2.71 bits per heavy atom. The van der Waals surface area contributed by atoms with Gasteiger partial charge in [0.05, 0.1) is 5.69 Å². The fourth-order valence-electron chi connectivity index (χ4n) is 1.24. The van der Waals surface area contributed by atoms with Crippen molar-refractivity contribution in [2.45, 2.75) is 6.61 Å². The zero-order valence-corrected chi connectivity index (χ0v) is 9.44. The Hall–Kier alpha value is -2.01. The van der Waals surface area contributed by atoms with E-state index in [2.05, 4.69) is 10.2 Å². The summed E-state index contributed by atoms with van der Waals surface area (Å²) in [5.41, 5.74) is 0.567. The third kappa shape index (κ3) is 2.98. The van der Waals surface area contributed by atoms with E-state index in [1.807, 2.05) is 0 Å². The van der Waals surface area contributed by atoms with Crippen molar-refractivity contribution < 1.29 is 14.6 Å². The number of hydrogen-bond donors (Lipinski definition) is 2. The standard InChI is InChI=1S/C11H9ClN2O3/c12-7-1-3-9(4-2-7)17-6-8-5-10(11(15)16)14-13-8/h1-5H,6H2,(H,13,14)(H,15,16). The van der Waals surface area contributed by atoms with E-state index < -0.39 is 5.97 Å². The molecule has 2 N–H and O–H groups in total. The highest BCUT2D eigenvalue weighted by Crippen LogP contribution is 2.16. The molecule has 0 unspecified atom stereocenters. The van der Waals surface area contributed by atoms with Crippen LogP contribution < -0.4 is 4.74 Å². The van der Waals surface area contributed by atoms with E-state index in [1.54, 1.807) is 24.3 Å². The van der Waals surface area contributed by atoms with Crippen LogP contribution in [0, 0.1) is 0 Å². The van der Waals surface area contributed by atoms with Crippen LogP contribution >= 0.6 is 11.6 Å². The number of benzene rings is 1. The summed E-state index contributed by atoms with van der Waals surface area (Å²) in [6.07, 6.45) is 0. The second-order valence-corrected chi connectivity index (χ2v) is 3.76. The minimum Gasteiger partial charge on any atom is -0.487 e. The third-order valence-corrected chi connectivity index (χ3v) is 2.31. The van der Waals surface area contributed by atoms with Crippen LogP contribution in [-0.2, 0) is 6.61 Å². The Labute approximate surface area is 102 Å². The summed E-state index contributed by atoms with van der Waals surface area (Å²) in [7, 11) is 0. The van der Waals surface area contributed by atoms with E-state index in [-0.39, 0.29) is 12.3 Å². The van der Waals surface area contributed by atoms with Gasteiger partial charge in [-0.2, -0.15) is 5.10 Å². The smallest absolute Gasteiger partial charge is 0.356 e. The van der Waals surface area contributed by atoms with Gasteiger partial charge < -0.3 is 9.84 Å². The molecule has 0 aliphatic carbocycles. The van der Waals surface area contributed by atoms with E-state index in [1.165, 1.54) is 6.07 Å². The van der Waals surface area contributed by atoms with E-state index in [0.29, 0.717) is 16.5 Å². The normalized spacial score (nSPS) is 10.2. The lowest BCUT2D eigenvalue weighted by molar-refractivity contribution is 0.0690. The van der Waals surface area contributed by atoms with Crippen LogP contribution in [0.5, 0.6) is 5.75 Å². The molecule has 0 aliphatic rings. The molecule has 1 aromatic carbocycles. The van der Waals surface area contributed by atoms with Gasteiger partial charge in [0, 0.05) is 5.02 Å². The van der Waals surface area contributed by atoms with Crippen LogP contribution in [0.3, 0.4) is 0 Å². The summed E-state index contributed by atoms with van der Waals surface area (Å²) in [6, 6.07) is 8.32. The van der Waals surface area contributed by atoms with Crippen LogP contribution in [0.4, 0.5) is 0 Å². The van der Waals surface area contributed by atoms with Gasteiger partial charge in [0.15, 0.2) is 5.69 Å². The fraction of sp³-hybridized carbons (Fsp3) is 0.0909. The van der Waals surface area contributed by atoms with E-state index >= 15 is 0 Å². The van der Waals surface area contributed by atoms with Gasteiger partial charge in [-0.25, -0.2) is 4.79 Å². The highest BCUT2D eigenvalue weighted by atomic mass is 35.5. The van der Waals surface area contributed by atoms with Crippen molar-refractivity contribution in [1.29, 1.82) is 0 Å². The Balaban J connectivity index is 1.97. The fourth-order valence-corrected chi connectivity index (χ4v) is 1.36. The molecule has 17 heavy (non-hydrogen) atoms. The van der Waals surface area contributed by atoms with Crippen molar-refractivity contribution in [3.05, 3.63) is 46.7 Å². The Bertz CT molecular complexity index is 522. The van der Waals surface area contributed by atoms with E-state index in [9.17, 15) is 4.79 Å². The number of H-pyrrole nitrogens is 1. The van der Waals surface area contributed by atoms with Crippen LogP contribution in [-0.4, -0.2) is 21.3 Å². The molecule has 1 heterocycles. The number of carbonyl (C=O) groups is 1. The molecule has 1 aromatic heterocycles. The third-order valence-electron chi connectivity index (χ3n) is 2.06. The van der Waals surface area contributed by atoms with Gasteiger partial charge in [-0.15, -0.1) is 0 Å². The zero-order valence-electron chi connectivity index (χ0n) is 8.68. The van der Waals surface area contributed by atoms with Crippen molar-refractivity contribution in [3.63, 3.8) is 0 Å². The Kier molecular flexibility index (Phi) is 3.30. The molecule has 2 rings (SSSR count). The van der Waals surface area contributed by atoms with Crippen molar-refractivity contribution in [1.82, 2.24) is 10.2 Å². The molecule has 5 nitrogen and oxygen atoms in total. The van der Waals surface area contributed by atoms with Gasteiger partial charge in [-0.3, -0.25) is 5.10 Å². The maximum absolute atomic E-state index is 10.6. The summed E-state index contributed by atoms with van der Waals surface area (Å²) in [5, 5.41) is 15.5. The molecule has 0 saturated heterocycles. The average molecular weight is 253 g/mol. The predicted molar refractivity (Wildman–Crippen MR) is 61.3 cm³/mol. The van der Waals surface area contributed by atoms with Crippen molar-refractivity contribution in [2.24, 2.45) is 0 Å². The lowest BCUT2D eigenvalue weighted by Crippen LogP contribution is -1.96. The number of halogens is 1. The highest BCUT2D eigenvalue weighted by Gasteiger charge is 2.08. The number of rotatable bonds is 4. The molecule has 0 fully saturated rings. The number of aromatic carboxylic acids is 1. The van der Waals surface area contributed by atoms with Crippen molar-refractivity contribution in [2.75, 3.05) is 0 Å². The minimum atomic E-state index is -1.07. The minimum absolute atomic E-state index is 0.0280. The van der Waals surface area contributed by atoms with E-state index in [4.69, 9.17) is 21.4 Å². The maximum Gasteiger partial charge on any atom is 0.356 e. The highest BCUT2D eigenvalue weighted by molar-refractivity contribution is 6.30. The van der Waals surface area contributed by atoms with Crippen LogP contribution in [0.15, 0.2) is 30.3 Å². The maximum atomic E-state index is 10.6. The van der Waals surface area contributed by atoms with Gasteiger partial charge in [0.2, 0.25) is 0 Å². The molecule has 0 atom stereocenters. The Morgan fingerprint density at radius 2 is 2.12 bits per heavy atom.